The number of aryl methyl sites for hydroxylation is 1. The maximum atomic E-state index is 5.20. The maximum absolute atomic E-state index is 5.20. The highest BCUT2D eigenvalue weighted by molar-refractivity contribution is 5.94. The van der Waals surface area contributed by atoms with Gasteiger partial charge in [0.2, 0.25) is 0 Å². The Morgan fingerprint density at radius 1 is 1.19 bits per heavy atom. The molecule has 0 spiro atoms. The lowest BCUT2D eigenvalue weighted by Gasteiger charge is -2.03. The number of benzene rings is 1. The summed E-state index contributed by atoms with van der Waals surface area (Å²) >= 11 is 0. The summed E-state index contributed by atoms with van der Waals surface area (Å²) in [5, 5.41) is 10.4. The first-order valence-corrected chi connectivity index (χ1v) is 5.08. The average molecular weight is 213 g/mol. The van der Waals surface area contributed by atoms with E-state index in [0.29, 0.717) is 0 Å². The van der Waals surface area contributed by atoms with Crippen LogP contribution in [0.4, 0.5) is 0 Å². The largest absolute Gasteiger partial charge is 0.497 e. The van der Waals surface area contributed by atoms with Crippen molar-refractivity contribution in [3.63, 3.8) is 0 Å². The van der Waals surface area contributed by atoms with Crippen LogP contribution in [0, 0.1) is 6.92 Å². The third-order valence-electron chi connectivity index (χ3n) is 2.77. The highest BCUT2D eigenvalue weighted by Crippen LogP contribution is 2.23. The zero-order chi connectivity index (χ0) is 11.1. The first-order chi connectivity index (χ1) is 7.79. The van der Waals surface area contributed by atoms with Gasteiger partial charge in [0.1, 0.15) is 11.6 Å². The number of ether oxygens (including phenoxy) is 1. The van der Waals surface area contributed by atoms with E-state index in [1.54, 1.807) is 7.11 Å². The van der Waals surface area contributed by atoms with E-state index in [0.717, 1.165) is 28.0 Å². The monoisotopic (exact) mass is 213 g/mol. The Kier molecular flexibility index (Phi) is 1.83. The third kappa shape index (κ3) is 1.16. The number of hydrogen-bond donors (Lipinski definition) is 0. The lowest BCUT2D eigenvalue weighted by molar-refractivity contribution is 0.415. The molecular weight excluding hydrogens is 202 g/mol. The lowest BCUT2D eigenvalue weighted by Crippen LogP contribution is -1.89. The van der Waals surface area contributed by atoms with Crippen LogP contribution in [0.2, 0.25) is 0 Å². The first kappa shape index (κ1) is 9.15. The van der Waals surface area contributed by atoms with Gasteiger partial charge in [-0.3, -0.25) is 4.40 Å². The Bertz CT molecular complexity index is 672. The van der Waals surface area contributed by atoms with Gasteiger partial charge in [-0.25, -0.2) is 0 Å². The van der Waals surface area contributed by atoms with E-state index in [1.165, 1.54) is 0 Å². The van der Waals surface area contributed by atoms with Gasteiger partial charge in [-0.05, 0) is 36.6 Å². The van der Waals surface area contributed by atoms with E-state index >= 15 is 0 Å². The van der Waals surface area contributed by atoms with Crippen molar-refractivity contribution in [3.05, 3.63) is 36.3 Å². The molecule has 1 aromatic carbocycles. The normalized spacial score (nSPS) is 11.1. The van der Waals surface area contributed by atoms with Crippen LogP contribution < -0.4 is 4.74 Å². The molecule has 80 valence electrons. The van der Waals surface area contributed by atoms with Crippen LogP contribution in [0.5, 0.6) is 5.75 Å². The van der Waals surface area contributed by atoms with Gasteiger partial charge in [-0.15, -0.1) is 10.2 Å². The Morgan fingerprint density at radius 3 is 2.88 bits per heavy atom. The van der Waals surface area contributed by atoms with Gasteiger partial charge >= 0.3 is 0 Å². The number of nitrogens with zero attached hydrogens (tertiary/aromatic N) is 3. The second kappa shape index (κ2) is 3.20. The molecule has 0 fully saturated rings. The van der Waals surface area contributed by atoms with Crippen LogP contribution in [-0.4, -0.2) is 21.7 Å². The Balaban J connectivity index is 2.43. The molecule has 3 aromatic rings. The zero-order valence-corrected chi connectivity index (χ0v) is 9.14. The molecule has 2 heterocycles. The topological polar surface area (TPSA) is 39.4 Å². The minimum absolute atomic E-state index is 0.855. The molecule has 0 amide bonds. The van der Waals surface area contributed by atoms with Gasteiger partial charge in [-0.1, -0.05) is 0 Å². The van der Waals surface area contributed by atoms with Gasteiger partial charge in [0, 0.05) is 11.6 Å². The van der Waals surface area contributed by atoms with E-state index in [-0.39, 0.29) is 0 Å². The average Bonchev–Trinajstić information content (AvgIpc) is 2.70. The Labute approximate surface area is 92.5 Å². The summed E-state index contributed by atoms with van der Waals surface area (Å²) in [4.78, 5) is 0. The summed E-state index contributed by atoms with van der Waals surface area (Å²) in [6, 6.07) is 7.99. The number of aromatic nitrogens is 3. The molecule has 0 bridgehead atoms. The van der Waals surface area contributed by atoms with Crippen molar-refractivity contribution in [2.45, 2.75) is 6.92 Å². The Morgan fingerprint density at radius 2 is 2.06 bits per heavy atom. The molecule has 0 saturated carbocycles. The predicted molar refractivity (Wildman–Crippen MR) is 61.8 cm³/mol. The summed E-state index contributed by atoms with van der Waals surface area (Å²) in [7, 11) is 1.67. The van der Waals surface area contributed by atoms with Crippen molar-refractivity contribution >= 4 is 16.4 Å². The summed E-state index contributed by atoms with van der Waals surface area (Å²) in [5.74, 6) is 1.75. The number of pyridine rings is 1. The maximum Gasteiger partial charge on any atom is 0.168 e. The van der Waals surface area contributed by atoms with Crippen LogP contribution in [0.15, 0.2) is 30.5 Å². The van der Waals surface area contributed by atoms with Crippen molar-refractivity contribution in [1.29, 1.82) is 0 Å². The van der Waals surface area contributed by atoms with Crippen molar-refractivity contribution in [2.24, 2.45) is 0 Å². The molecule has 0 saturated heterocycles. The fourth-order valence-corrected chi connectivity index (χ4v) is 1.90. The van der Waals surface area contributed by atoms with Gasteiger partial charge in [0.05, 0.1) is 7.11 Å². The van der Waals surface area contributed by atoms with Crippen molar-refractivity contribution in [2.75, 3.05) is 7.11 Å². The Hall–Kier alpha value is -2.10. The minimum atomic E-state index is 0.855. The quantitative estimate of drug-likeness (QED) is 0.622. The smallest absolute Gasteiger partial charge is 0.168 e. The first-order valence-electron chi connectivity index (χ1n) is 5.08. The standard InChI is InChI=1S/C12H11N3O/c1-8-13-14-12-11-4-3-10(16-2)7-9(11)5-6-15(8)12/h3-7H,1-2H3. The molecule has 4 nitrogen and oxygen atoms in total. The number of rotatable bonds is 1. The summed E-state index contributed by atoms with van der Waals surface area (Å²) in [5.41, 5.74) is 0.887. The molecule has 0 atom stereocenters. The van der Waals surface area contributed by atoms with Gasteiger partial charge < -0.3 is 4.74 Å². The van der Waals surface area contributed by atoms with Crippen LogP contribution in [0.3, 0.4) is 0 Å². The van der Waals surface area contributed by atoms with Crippen LogP contribution in [0.1, 0.15) is 5.82 Å². The number of methoxy groups -OCH3 is 1. The molecule has 3 rings (SSSR count). The van der Waals surface area contributed by atoms with E-state index < -0.39 is 0 Å². The summed E-state index contributed by atoms with van der Waals surface area (Å²) in [6.45, 7) is 1.94. The van der Waals surface area contributed by atoms with Gasteiger partial charge in [-0.2, -0.15) is 0 Å². The third-order valence-corrected chi connectivity index (χ3v) is 2.77. The molecule has 16 heavy (non-hydrogen) atoms. The molecule has 0 radical (unpaired) electrons. The fourth-order valence-electron chi connectivity index (χ4n) is 1.90. The van der Waals surface area contributed by atoms with Crippen molar-refractivity contribution < 1.29 is 4.74 Å². The minimum Gasteiger partial charge on any atom is -0.497 e. The highest BCUT2D eigenvalue weighted by atomic mass is 16.5. The van der Waals surface area contributed by atoms with E-state index in [2.05, 4.69) is 10.2 Å². The summed E-state index contributed by atoms with van der Waals surface area (Å²) in [6.07, 6.45) is 1.98. The SMILES string of the molecule is COc1ccc2c(ccn3c(C)nnc23)c1. The summed E-state index contributed by atoms with van der Waals surface area (Å²) < 4.78 is 7.18. The van der Waals surface area contributed by atoms with Crippen LogP contribution in [0.25, 0.3) is 16.4 Å². The number of fused-ring (bicyclic) bond motifs is 3. The molecule has 0 unspecified atom stereocenters. The molecule has 0 aliphatic heterocycles. The zero-order valence-electron chi connectivity index (χ0n) is 9.14. The predicted octanol–water partition coefficient (Wildman–Crippen LogP) is 2.20. The van der Waals surface area contributed by atoms with Crippen LogP contribution >= 0.6 is 0 Å². The molecule has 0 N–H and O–H groups in total. The van der Waals surface area contributed by atoms with E-state index in [1.807, 2.05) is 41.8 Å². The van der Waals surface area contributed by atoms with Gasteiger partial charge in [0.15, 0.2) is 5.65 Å². The lowest BCUT2D eigenvalue weighted by atomic mass is 10.1. The molecule has 0 aliphatic carbocycles. The molecule has 4 heteroatoms. The molecular formula is C12H11N3O. The van der Waals surface area contributed by atoms with E-state index in [9.17, 15) is 0 Å². The van der Waals surface area contributed by atoms with Crippen molar-refractivity contribution in [3.8, 4) is 5.75 Å². The second-order valence-electron chi connectivity index (χ2n) is 3.71. The molecule has 0 aliphatic rings. The molecule has 2 aromatic heterocycles. The number of hydrogen-bond acceptors (Lipinski definition) is 3. The van der Waals surface area contributed by atoms with Crippen molar-refractivity contribution in [1.82, 2.24) is 14.6 Å². The second-order valence-corrected chi connectivity index (χ2v) is 3.71. The fraction of sp³-hybridized carbons (Fsp3) is 0.167. The van der Waals surface area contributed by atoms with Crippen LogP contribution in [-0.2, 0) is 0 Å². The van der Waals surface area contributed by atoms with E-state index in [4.69, 9.17) is 4.74 Å². The van der Waals surface area contributed by atoms with Gasteiger partial charge in [0.25, 0.3) is 0 Å². The highest BCUT2D eigenvalue weighted by Gasteiger charge is 2.05.